The molecule has 0 aliphatic heterocycles. The molecule has 27 heavy (non-hydrogen) atoms. The first kappa shape index (κ1) is 19.2. The number of hydrogen-bond acceptors (Lipinski definition) is 4. The molecule has 1 aromatic heterocycles. The zero-order valence-corrected chi connectivity index (χ0v) is 16.9. The molecule has 0 spiro atoms. The first-order valence-electron chi connectivity index (χ1n) is 9.03. The predicted octanol–water partition coefficient (Wildman–Crippen LogP) is 5.56. The first-order chi connectivity index (χ1) is 13.1. The van der Waals surface area contributed by atoms with Gasteiger partial charge >= 0.3 is 0 Å². The fourth-order valence-electron chi connectivity index (χ4n) is 2.86. The Balaban J connectivity index is 1.84. The van der Waals surface area contributed by atoms with E-state index in [1.165, 1.54) is 11.1 Å². The minimum absolute atomic E-state index is 0.547. The fourth-order valence-corrected chi connectivity index (χ4v) is 3.77. The van der Waals surface area contributed by atoms with Crippen LogP contribution >= 0.6 is 11.8 Å². The van der Waals surface area contributed by atoms with E-state index in [4.69, 9.17) is 4.74 Å². The monoisotopic (exact) mass is 379 g/mol. The van der Waals surface area contributed by atoms with Gasteiger partial charge in [-0.15, -0.1) is 16.8 Å². The largest absolute Gasteiger partial charge is 0.496 e. The molecule has 0 radical (unpaired) electrons. The molecular formula is C22H25N3OS. The molecule has 3 aromatic rings. The Morgan fingerprint density at radius 1 is 1.11 bits per heavy atom. The number of nitrogens with zero attached hydrogens (tertiary/aromatic N) is 3. The molecule has 0 atom stereocenters. The van der Waals surface area contributed by atoms with Crippen molar-refractivity contribution in [3.8, 4) is 17.1 Å². The second-order valence-corrected chi connectivity index (χ2v) is 7.53. The molecular weight excluding hydrogens is 354 g/mol. The normalized spacial score (nSPS) is 11.0. The molecule has 140 valence electrons. The standard InChI is InChI=1S/C22H25N3OS/c1-5-14-25-21(19-8-6-7-9-20(19)26-4)23-24-22(25)27-15-17-10-12-18(13-11-17)16(2)3/h5-13,16H,1,14-15H2,2-4H3. The van der Waals surface area contributed by atoms with E-state index >= 15 is 0 Å². The van der Waals surface area contributed by atoms with Crippen molar-refractivity contribution >= 4 is 11.8 Å². The lowest BCUT2D eigenvalue weighted by molar-refractivity contribution is 0.416. The van der Waals surface area contributed by atoms with E-state index in [1.54, 1.807) is 18.9 Å². The van der Waals surface area contributed by atoms with E-state index in [0.29, 0.717) is 12.5 Å². The average Bonchev–Trinajstić information content (AvgIpc) is 3.09. The molecule has 3 rings (SSSR count). The number of para-hydroxylation sites is 1. The average molecular weight is 380 g/mol. The summed E-state index contributed by atoms with van der Waals surface area (Å²) in [6, 6.07) is 16.7. The van der Waals surface area contributed by atoms with Crippen LogP contribution in [0.3, 0.4) is 0 Å². The number of ether oxygens (including phenoxy) is 1. The van der Waals surface area contributed by atoms with Gasteiger partial charge in [0, 0.05) is 12.3 Å². The van der Waals surface area contributed by atoms with Gasteiger partial charge < -0.3 is 4.74 Å². The summed E-state index contributed by atoms with van der Waals surface area (Å²) in [4.78, 5) is 0. The van der Waals surface area contributed by atoms with Gasteiger partial charge in [0.1, 0.15) is 5.75 Å². The molecule has 0 aliphatic rings. The lowest BCUT2D eigenvalue weighted by Gasteiger charge is -2.11. The summed E-state index contributed by atoms with van der Waals surface area (Å²) in [6.07, 6.45) is 1.86. The van der Waals surface area contributed by atoms with Crippen LogP contribution in [0.2, 0.25) is 0 Å². The number of benzene rings is 2. The Hall–Kier alpha value is -2.53. The highest BCUT2D eigenvalue weighted by Crippen LogP contribution is 2.32. The third-order valence-corrected chi connectivity index (χ3v) is 5.43. The molecule has 0 amide bonds. The Kier molecular flexibility index (Phi) is 6.35. The quantitative estimate of drug-likeness (QED) is 0.380. The summed E-state index contributed by atoms with van der Waals surface area (Å²) >= 11 is 1.68. The number of aromatic nitrogens is 3. The molecule has 0 bridgehead atoms. The van der Waals surface area contributed by atoms with Crippen LogP contribution in [0.1, 0.15) is 30.9 Å². The summed E-state index contributed by atoms with van der Waals surface area (Å²) in [5, 5.41) is 9.73. The van der Waals surface area contributed by atoms with Gasteiger partial charge in [-0.1, -0.05) is 68.1 Å². The lowest BCUT2D eigenvalue weighted by Crippen LogP contribution is -2.01. The lowest BCUT2D eigenvalue weighted by atomic mass is 10.0. The maximum Gasteiger partial charge on any atom is 0.192 e. The summed E-state index contributed by atoms with van der Waals surface area (Å²) < 4.78 is 7.57. The Labute approximate surface area is 165 Å². The van der Waals surface area contributed by atoms with Crippen molar-refractivity contribution in [2.45, 2.75) is 37.2 Å². The zero-order valence-electron chi connectivity index (χ0n) is 16.1. The smallest absolute Gasteiger partial charge is 0.192 e. The van der Waals surface area contributed by atoms with Crippen molar-refractivity contribution in [2.24, 2.45) is 0 Å². The number of methoxy groups -OCH3 is 1. The van der Waals surface area contributed by atoms with Gasteiger partial charge in [0.15, 0.2) is 11.0 Å². The fraction of sp³-hybridized carbons (Fsp3) is 0.273. The highest BCUT2D eigenvalue weighted by atomic mass is 32.2. The van der Waals surface area contributed by atoms with Crippen molar-refractivity contribution in [3.63, 3.8) is 0 Å². The van der Waals surface area contributed by atoms with Crippen molar-refractivity contribution < 1.29 is 4.74 Å². The molecule has 0 N–H and O–H groups in total. The van der Waals surface area contributed by atoms with Gasteiger partial charge in [-0.2, -0.15) is 0 Å². The van der Waals surface area contributed by atoms with Crippen molar-refractivity contribution in [2.75, 3.05) is 7.11 Å². The van der Waals surface area contributed by atoms with Gasteiger partial charge in [-0.3, -0.25) is 4.57 Å². The highest BCUT2D eigenvalue weighted by Gasteiger charge is 2.16. The van der Waals surface area contributed by atoms with Crippen LogP contribution in [0, 0.1) is 0 Å². The molecule has 0 saturated carbocycles. The van der Waals surface area contributed by atoms with Crippen LogP contribution in [0.5, 0.6) is 5.75 Å². The maximum absolute atomic E-state index is 5.49. The summed E-state index contributed by atoms with van der Waals surface area (Å²) in [5.41, 5.74) is 3.57. The summed E-state index contributed by atoms with van der Waals surface area (Å²) in [6.45, 7) is 8.95. The van der Waals surface area contributed by atoms with E-state index in [1.807, 2.05) is 30.3 Å². The number of hydrogen-bond donors (Lipinski definition) is 0. The molecule has 2 aromatic carbocycles. The summed E-state index contributed by atoms with van der Waals surface area (Å²) in [5.74, 6) is 2.98. The van der Waals surface area contributed by atoms with E-state index < -0.39 is 0 Å². The SMILES string of the molecule is C=CCn1c(SCc2ccc(C(C)C)cc2)nnc1-c1ccccc1OC. The number of allylic oxidation sites excluding steroid dienone is 1. The van der Waals surface area contributed by atoms with Gasteiger partial charge in [0.2, 0.25) is 0 Å². The Bertz CT molecular complexity index is 900. The van der Waals surface area contributed by atoms with Crippen molar-refractivity contribution in [1.82, 2.24) is 14.8 Å². The van der Waals surface area contributed by atoms with Crippen molar-refractivity contribution in [3.05, 3.63) is 72.3 Å². The topological polar surface area (TPSA) is 39.9 Å². The van der Waals surface area contributed by atoms with E-state index in [0.717, 1.165) is 28.0 Å². The number of thioether (sulfide) groups is 1. The van der Waals surface area contributed by atoms with Crippen molar-refractivity contribution in [1.29, 1.82) is 0 Å². The minimum atomic E-state index is 0.547. The molecule has 0 unspecified atom stereocenters. The van der Waals surface area contributed by atoms with Gasteiger partial charge in [-0.25, -0.2) is 0 Å². The summed E-state index contributed by atoms with van der Waals surface area (Å²) in [7, 11) is 1.67. The van der Waals surface area contributed by atoms with Gasteiger partial charge in [0.05, 0.1) is 12.7 Å². The van der Waals surface area contributed by atoms with E-state index in [9.17, 15) is 0 Å². The van der Waals surface area contributed by atoms with Crippen LogP contribution in [-0.2, 0) is 12.3 Å². The molecule has 4 nitrogen and oxygen atoms in total. The minimum Gasteiger partial charge on any atom is -0.496 e. The molecule has 5 heteroatoms. The predicted molar refractivity (Wildman–Crippen MR) is 112 cm³/mol. The molecule has 1 heterocycles. The van der Waals surface area contributed by atoms with Gasteiger partial charge in [-0.05, 0) is 29.2 Å². The second-order valence-electron chi connectivity index (χ2n) is 6.59. The number of rotatable bonds is 8. The Morgan fingerprint density at radius 3 is 2.52 bits per heavy atom. The third kappa shape index (κ3) is 4.42. The maximum atomic E-state index is 5.49. The highest BCUT2D eigenvalue weighted by molar-refractivity contribution is 7.98. The first-order valence-corrected chi connectivity index (χ1v) is 10.0. The van der Waals surface area contributed by atoms with Gasteiger partial charge in [0.25, 0.3) is 0 Å². The van der Waals surface area contributed by atoms with E-state index in [2.05, 4.69) is 59.5 Å². The van der Waals surface area contributed by atoms with Crippen LogP contribution in [0.4, 0.5) is 0 Å². The Morgan fingerprint density at radius 2 is 1.85 bits per heavy atom. The molecule has 0 fully saturated rings. The van der Waals surface area contributed by atoms with Crippen LogP contribution < -0.4 is 4.74 Å². The van der Waals surface area contributed by atoms with Crippen LogP contribution in [-0.4, -0.2) is 21.9 Å². The second kappa shape index (κ2) is 8.91. The van der Waals surface area contributed by atoms with Crippen LogP contribution in [0.25, 0.3) is 11.4 Å². The zero-order chi connectivity index (χ0) is 19.2. The third-order valence-electron chi connectivity index (χ3n) is 4.39. The molecule has 0 aliphatic carbocycles. The van der Waals surface area contributed by atoms with E-state index in [-0.39, 0.29) is 0 Å². The van der Waals surface area contributed by atoms with Crippen LogP contribution in [0.15, 0.2) is 66.3 Å². The molecule has 0 saturated heterocycles.